The number of benzene rings is 1. The highest BCUT2D eigenvalue weighted by Gasteiger charge is 2.27. The van der Waals surface area contributed by atoms with Gasteiger partial charge in [-0.15, -0.1) is 0 Å². The van der Waals surface area contributed by atoms with Crippen LogP contribution >= 0.6 is 0 Å². The largest absolute Gasteiger partial charge is 0.445 e. The van der Waals surface area contributed by atoms with Gasteiger partial charge in [-0.05, 0) is 18.4 Å². The summed E-state index contributed by atoms with van der Waals surface area (Å²) in [6.45, 7) is 1.48. The average molecular weight is 362 g/mol. The van der Waals surface area contributed by atoms with Crippen molar-refractivity contribution < 1.29 is 9.53 Å². The molecule has 1 aromatic carbocycles. The lowest BCUT2D eigenvalue weighted by Gasteiger charge is -2.30. The van der Waals surface area contributed by atoms with Crippen molar-refractivity contribution in [1.29, 1.82) is 5.26 Å². The van der Waals surface area contributed by atoms with Crippen LogP contribution in [0.15, 0.2) is 36.7 Å². The van der Waals surface area contributed by atoms with E-state index in [9.17, 15) is 4.79 Å². The Morgan fingerprint density at radius 3 is 2.78 bits per heavy atom. The smallest absolute Gasteiger partial charge is 0.410 e. The van der Waals surface area contributed by atoms with Gasteiger partial charge in [0.2, 0.25) is 0 Å². The van der Waals surface area contributed by atoms with E-state index in [-0.39, 0.29) is 18.6 Å². The van der Waals surface area contributed by atoms with E-state index >= 15 is 0 Å². The summed E-state index contributed by atoms with van der Waals surface area (Å²) in [5.41, 5.74) is 2.33. The predicted octanol–water partition coefficient (Wildman–Crippen LogP) is 2.74. The van der Waals surface area contributed by atoms with Gasteiger partial charge in [0.15, 0.2) is 11.3 Å². The predicted molar refractivity (Wildman–Crippen MR) is 96.6 cm³/mol. The standard InChI is InChI=1S/C19H18N6O2/c20-10-15-16-18(22-12-21-15)24-17(23-16)14-6-8-25(9-7-14)19(26)27-11-13-4-2-1-3-5-13/h1-5,12,14H,6-9,11H2,(H,21,22,23,24). The van der Waals surface area contributed by atoms with E-state index in [1.54, 1.807) is 4.90 Å². The number of carbonyl (C=O) groups excluding carboxylic acids is 1. The van der Waals surface area contributed by atoms with Crippen molar-refractivity contribution in [2.24, 2.45) is 0 Å². The molecular weight excluding hydrogens is 344 g/mol. The lowest BCUT2D eigenvalue weighted by molar-refractivity contribution is 0.0867. The molecule has 8 heteroatoms. The number of likely N-dealkylation sites (tertiary alicyclic amines) is 1. The molecule has 0 spiro atoms. The maximum atomic E-state index is 12.3. The molecule has 1 saturated heterocycles. The van der Waals surface area contributed by atoms with Gasteiger partial charge in [-0.1, -0.05) is 30.3 Å². The molecule has 1 fully saturated rings. The third-order valence-electron chi connectivity index (χ3n) is 4.76. The Morgan fingerprint density at radius 1 is 1.26 bits per heavy atom. The number of imidazole rings is 1. The summed E-state index contributed by atoms with van der Waals surface area (Å²) in [6.07, 6.45) is 2.60. The van der Waals surface area contributed by atoms with E-state index in [1.165, 1.54) is 6.33 Å². The summed E-state index contributed by atoms with van der Waals surface area (Å²) in [4.78, 5) is 29.7. The molecule has 136 valence electrons. The molecule has 2 aromatic heterocycles. The van der Waals surface area contributed by atoms with E-state index < -0.39 is 0 Å². The third kappa shape index (κ3) is 3.58. The summed E-state index contributed by atoms with van der Waals surface area (Å²) in [6, 6.07) is 11.7. The van der Waals surface area contributed by atoms with Crippen LogP contribution in [0, 0.1) is 11.3 Å². The number of nitrogens with zero attached hydrogens (tertiary/aromatic N) is 5. The molecular formula is C19H18N6O2. The van der Waals surface area contributed by atoms with Gasteiger partial charge in [0.05, 0.1) is 0 Å². The number of aromatic nitrogens is 4. The first kappa shape index (κ1) is 17.0. The van der Waals surface area contributed by atoms with E-state index in [4.69, 9.17) is 10.00 Å². The minimum absolute atomic E-state index is 0.184. The number of fused-ring (bicyclic) bond motifs is 1. The van der Waals surface area contributed by atoms with Gasteiger partial charge in [0.25, 0.3) is 0 Å². The monoisotopic (exact) mass is 362 g/mol. The Kier molecular flexibility index (Phi) is 4.66. The second-order valence-corrected chi connectivity index (χ2v) is 6.46. The summed E-state index contributed by atoms with van der Waals surface area (Å²) in [7, 11) is 0. The Balaban J connectivity index is 1.36. The van der Waals surface area contributed by atoms with Crippen LogP contribution in [-0.4, -0.2) is 44.0 Å². The number of piperidine rings is 1. The molecule has 1 aliphatic heterocycles. The quantitative estimate of drug-likeness (QED) is 0.767. The fourth-order valence-electron chi connectivity index (χ4n) is 3.27. The molecule has 0 aliphatic carbocycles. The first-order valence-electron chi connectivity index (χ1n) is 8.81. The summed E-state index contributed by atoms with van der Waals surface area (Å²) in [5.74, 6) is 0.975. The van der Waals surface area contributed by atoms with Crippen LogP contribution in [0.1, 0.15) is 35.8 Å². The van der Waals surface area contributed by atoms with Crippen LogP contribution in [0.25, 0.3) is 11.2 Å². The van der Waals surface area contributed by atoms with Crippen molar-refractivity contribution in [1.82, 2.24) is 24.8 Å². The van der Waals surface area contributed by atoms with Crippen molar-refractivity contribution in [2.75, 3.05) is 13.1 Å². The highest BCUT2D eigenvalue weighted by atomic mass is 16.6. The molecule has 1 amide bonds. The van der Waals surface area contributed by atoms with Crippen LogP contribution in [0.5, 0.6) is 0 Å². The highest BCUT2D eigenvalue weighted by Crippen LogP contribution is 2.28. The molecule has 0 atom stereocenters. The number of H-pyrrole nitrogens is 1. The highest BCUT2D eigenvalue weighted by molar-refractivity contribution is 5.75. The molecule has 0 bridgehead atoms. The van der Waals surface area contributed by atoms with Crippen LogP contribution in [0.3, 0.4) is 0 Å². The van der Waals surface area contributed by atoms with Crippen molar-refractivity contribution >= 4 is 17.3 Å². The summed E-state index contributed by atoms with van der Waals surface area (Å²) in [5, 5.41) is 9.14. The number of nitriles is 1. The van der Waals surface area contributed by atoms with E-state index in [0.717, 1.165) is 24.2 Å². The number of hydrogen-bond acceptors (Lipinski definition) is 6. The van der Waals surface area contributed by atoms with Crippen LogP contribution in [0.2, 0.25) is 0 Å². The molecule has 3 heterocycles. The second kappa shape index (κ2) is 7.41. The molecule has 0 saturated carbocycles. The SMILES string of the molecule is N#Cc1ncnc2nc(C3CCN(C(=O)OCc4ccccc4)CC3)[nH]c12. The minimum atomic E-state index is -0.292. The lowest BCUT2D eigenvalue weighted by atomic mass is 9.96. The second-order valence-electron chi connectivity index (χ2n) is 6.46. The van der Waals surface area contributed by atoms with Crippen molar-refractivity contribution in [3.8, 4) is 6.07 Å². The maximum Gasteiger partial charge on any atom is 0.410 e. The maximum absolute atomic E-state index is 12.3. The molecule has 3 aromatic rings. The number of rotatable bonds is 3. The molecule has 4 rings (SSSR count). The van der Waals surface area contributed by atoms with E-state index in [2.05, 4.69) is 19.9 Å². The zero-order chi connectivity index (χ0) is 18.6. The van der Waals surface area contributed by atoms with Gasteiger partial charge in [0.1, 0.15) is 30.3 Å². The fourth-order valence-corrected chi connectivity index (χ4v) is 3.27. The van der Waals surface area contributed by atoms with Crippen LogP contribution in [-0.2, 0) is 11.3 Å². The first-order chi connectivity index (χ1) is 13.2. The van der Waals surface area contributed by atoms with E-state index in [0.29, 0.717) is 29.9 Å². The minimum Gasteiger partial charge on any atom is -0.445 e. The molecule has 1 N–H and O–H groups in total. The normalized spacial score (nSPS) is 14.9. The van der Waals surface area contributed by atoms with Gasteiger partial charge < -0.3 is 14.6 Å². The van der Waals surface area contributed by atoms with Crippen LogP contribution < -0.4 is 0 Å². The Bertz CT molecular complexity index is 986. The molecule has 27 heavy (non-hydrogen) atoms. The number of ether oxygens (including phenoxy) is 1. The Labute approximate surface area is 155 Å². The van der Waals surface area contributed by atoms with Gasteiger partial charge in [0, 0.05) is 19.0 Å². The fraction of sp³-hybridized carbons (Fsp3) is 0.316. The summed E-state index contributed by atoms with van der Waals surface area (Å²) < 4.78 is 5.40. The lowest BCUT2D eigenvalue weighted by Crippen LogP contribution is -2.38. The van der Waals surface area contributed by atoms with Crippen LogP contribution in [0.4, 0.5) is 4.79 Å². The van der Waals surface area contributed by atoms with Crippen molar-refractivity contribution in [2.45, 2.75) is 25.4 Å². The molecule has 0 unspecified atom stereocenters. The zero-order valence-corrected chi connectivity index (χ0v) is 14.6. The summed E-state index contributed by atoms with van der Waals surface area (Å²) >= 11 is 0. The molecule has 8 nitrogen and oxygen atoms in total. The zero-order valence-electron chi connectivity index (χ0n) is 14.6. The van der Waals surface area contributed by atoms with Crippen molar-refractivity contribution in [3.05, 3.63) is 53.7 Å². The average Bonchev–Trinajstić information content (AvgIpc) is 3.17. The van der Waals surface area contributed by atoms with Gasteiger partial charge in [-0.3, -0.25) is 0 Å². The Morgan fingerprint density at radius 2 is 2.04 bits per heavy atom. The van der Waals surface area contributed by atoms with E-state index in [1.807, 2.05) is 36.4 Å². The number of nitrogens with one attached hydrogen (secondary N) is 1. The number of carbonyl (C=O) groups is 1. The number of hydrogen-bond donors (Lipinski definition) is 1. The first-order valence-corrected chi connectivity index (χ1v) is 8.81. The number of aromatic amines is 1. The topological polar surface area (TPSA) is 108 Å². The van der Waals surface area contributed by atoms with Gasteiger partial charge in [-0.2, -0.15) is 5.26 Å². The van der Waals surface area contributed by atoms with Gasteiger partial charge >= 0.3 is 6.09 Å². The molecule has 1 aliphatic rings. The number of amides is 1. The molecule has 0 radical (unpaired) electrons. The third-order valence-corrected chi connectivity index (χ3v) is 4.76. The van der Waals surface area contributed by atoms with Gasteiger partial charge in [-0.25, -0.2) is 19.7 Å². The van der Waals surface area contributed by atoms with Crippen molar-refractivity contribution in [3.63, 3.8) is 0 Å². The Hall–Kier alpha value is -3.47.